The maximum Gasteiger partial charge on any atom is 0.269 e. The smallest absolute Gasteiger partial charge is 0.269 e. The van der Waals surface area contributed by atoms with E-state index in [-0.39, 0.29) is 17.0 Å². The monoisotopic (exact) mass is 330 g/mol. The van der Waals surface area contributed by atoms with Crippen LogP contribution in [0.1, 0.15) is 18.4 Å². The van der Waals surface area contributed by atoms with Gasteiger partial charge < -0.3 is 5.32 Å². The van der Waals surface area contributed by atoms with Gasteiger partial charge in [0.25, 0.3) is 5.69 Å². The molecule has 1 amide bonds. The van der Waals surface area contributed by atoms with Crippen LogP contribution >= 0.6 is 11.6 Å². The molecule has 0 spiro atoms. The Morgan fingerprint density at radius 2 is 1.74 bits per heavy atom. The molecule has 1 saturated carbocycles. The Hall–Kier alpha value is -2.40. The maximum atomic E-state index is 12.5. The lowest BCUT2D eigenvalue weighted by Crippen LogP contribution is -2.26. The number of nitrogens with zero attached hydrogens (tertiary/aromatic N) is 1. The van der Waals surface area contributed by atoms with Crippen molar-refractivity contribution in [2.24, 2.45) is 5.41 Å². The quantitative estimate of drug-likeness (QED) is 0.659. The summed E-state index contributed by atoms with van der Waals surface area (Å²) in [4.78, 5) is 22.7. The van der Waals surface area contributed by atoms with E-state index < -0.39 is 4.92 Å². The zero-order chi connectivity index (χ0) is 16.4. The summed E-state index contributed by atoms with van der Waals surface area (Å²) in [7, 11) is 0. The van der Waals surface area contributed by atoms with Crippen LogP contribution in [-0.2, 0) is 11.2 Å². The first-order valence-corrected chi connectivity index (χ1v) is 7.67. The van der Waals surface area contributed by atoms with Gasteiger partial charge in [-0.1, -0.05) is 23.7 Å². The number of nitro benzene ring substituents is 1. The van der Waals surface area contributed by atoms with Gasteiger partial charge in [-0.15, -0.1) is 0 Å². The number of anilines is 1. The first-order valence-electron chi connectivity index (χ1n) is 7.29. The fourth-order valence-corrected chi connectivity index (χ4v) is 2.68. The zero-order valence-corrected chi connectivity index (χ0v) is 13.0. The third kappa shape index (κ3) is 3.51. The molecule has 2 aromatic carbocycles. The topological polar surface area (TPSA) is 72.2 Å². The first kappa shape index (κ1) is 15.5. The number of amides is 1. The highest BCUT2D eigenvalue weighted by molar-refractivity contribution is 6.30. The fraction of sp³-hybridized carbons (Fsp3) is 0.235. The molecule has 118 valence electrons. The van der Waals surface area contributed by atoms with E-state index in [1.807, 2.05) is 24.3 Å². The molecule has 0 heterocycles. The van der Waals surface area contributed by atoms with E-state index in [0.717, 1.165) is 18.4 Å². The number of benzene rings is 2. The van der Waals surface area contributed by atoms with Crippen LogP contribution in [0.4, 0.5) is 11.4 Å². The number of nitrogens with one attached hydrogen (secondary N) is 1. The van der Waals surface area contributed by atoms with Gasteiger partial charge in [-0.25, -0.2) is 0 Å². The van der Waals surface area contributed by atoms with Crippen molar-refractivity contribution in [1.29, 1.82) is 0 Å². The number of hydrogen-bond acceptors (Lipinski definition) is 3. The second-order valence-corrected chi connectivity index (χ2v) is 6.28. The minimum absolute atomic E-state index is 0.00491. The van der Waals surface area contributed by atoms with Crippen molar-refractivity contribution in [1.82, 2.24) is 0 Å². The van der Waals surface area contributed by atoms with Gasteiger partial charge >= 0.3 is 0 Å². The van der Waals surface area contributed by atoms with Gasteiger partial charge in [-0.05, 0) is 49.1 Å². The summed E-state index contributed by atoms with van der Waals surface area (Å²) >= 11 is 5.88. The normalized spacial score (nSPS) is 15.0. The van der Waals surface area contributed by atoms with Gasteiger partial charge in [0.15, 0.2) is 0 Å². The van der Waals surface area contributed by atoms with Gasteiger partial charge in [0.1, 0.15) is 0 Å². The average molecular weight is 331 g/mol. The molecule has 1 N–H and O–H groups in total. The molecule has 1 fully saturated rings. The summed E-state index contributed by atoms with van der Waals surface area (Å²) in [5, 5.41) is 14.2. The van der Waals surface area contributed by atoms with Gasteiger partial charge in [-0.2, -0.15) is 0 Å². The van der Waals surface area contributed by atoms with Crippen LogP contribution in [0.3, 0.4) is 0 Å². The zero-order valence-electron chi connectivity index (χ0n) is 12.3. The van der Waals surface area contributed by atoms with Crippen LogP contribution in [0.15, 0.2) is 48.5 Å². The maximum absolute atomic E-state index is 12.5. The minimum atomic E-state index is -0.464. The summed E-state index contributed by atoms with van der Waals surface area (Å²) in [6, 6.07) is 13.4. The fourth-order valence-electron chi connectivity index (χ4n) is 2.56. The lowest BCUT2D eigenvalue weighted by molar-refractivity contribution is -0.384. The highest BCUT2D eigenvalue weighted by Gasteiger charge is 2.49. The molecule has 0 atom stereocenters. The molecule has 0 aliphatic heterocycles. The van der Waals surface area contributed by atoms with Crippen LogP contribution in [-0.4, -0.2) is 10.8 Å². The van der Waals surface area contributed by atoms with E-state index >= 15 is 0 Å². The lowest BCUT2D eigenvalue weighted by Gasteiger charge is -2.15. The number of carbonyl (C=O) groups is 1. The largest absolute Gasteiger partial charge is 0.326 e. The Balaban J connectivity index is 1.67. The first-order chi connectivity index (χ1) is 11.0. The lowest BCUT2D eigenvalue weighted by atomic mass is 9.95. The van der Waals surface area contributed by atoms with Gasteiger partial charge in [0.05, 0.1) is 10.3 Å². The molecule has 2 aromatic rings. The standard InChI is InChI=1S/C17H15ClN2O3/c18-13-3-1-12(2-4-13)11-17(9-10-17)16(21)19-14-5-7-15(8-6-14)20(22)23/h1-8H,9-11H2,(H,19,21). The van der Waals surface area contributed by atoms with E-state index in [1.54, 1.807) is 12.1 Å². The molecule has 6 heteroatoms. The molecule has 23 heavy (non-hydrogen) atoms. The van der Waals surface area contributed by atoms with Crippen LogP contribution in [0.5, 0.6) is 0 Å². The number of halogens is 1. The molecule has 1 aliphatic carbocycles. The van der Waals surface area contributed by atoms with Crippen LogP contribution in [0.25, 0.3) is 0 Å². The summed E-state index contributed by atoms with van der Waals surface area (Å²) in [5.74, 6) is -0.0405. The Labute approximate surface area is 138 Å². The highest BCUT2D eigenvalue weighted by atomic mass is 35.5. The number of nitro groups is 1. The van der Waals surface area contributed by atoms with E-state index in [2.05, 4.69) is 5.32 Å². The molecule has 0 radical (unpaired) electrons. The Kier molecular flexibility index (Phi) is 4.05. The summed E-state index contributed by atoms with van der Waals surface area (Å²) in [6.45, 7) is 0. The van der Waals surface area contributed by atoms with E-state index in [0.29, 0.717) is 17.1 Å². The van der Waals surface area contributed by atoms with Crippen LogP contribution in [0.2, 0.25) is 5.02 Å². The third-order valence-electron chi connectivity index (χ3n) is 4.13. The minimum Gasteiger partial charge on any atom is -0.326 e. The van der Waals surface area contributed by atoms with Crippen LogP contribution in [0, 0.1) is 15.5 Å². The van der Waals surface area contributed by atoms with Crippen molar-refractivity contribution in [3.63, 3.8) is 0 Å². The molecule has 0 aromatic heterocycles. The summed E-state index contributed by atoms with van der Waals surface area (Å²) < 4.78 is 0. The van der Waals surface area contributed by atoms with Crippen molar-refractivity contribution in [2.45, 2.75) is 19.3 Å². The average Bonchev–Trinajstić information content (AvgIpc) is 3.31. The molecular formula is C17H15ClN2O3. The van der Waals surface area contributed by atoms with Crippen molar-refractivity contribution in [3.05, 3.63) is 69.2 Å². The van der Waals surface area contributed by atoms with Crippen molar-refractivity contribution in [3.8, 4) is 0 Å². The molecule has 1 aliphatic rings. The number of hydrogen-bond donors (Lipinski definition) is 1. The number of non-ortho nitro benzene ring substituents is 1. The Morgan fingerprint density at radius 1 is 1.13 bits per heavy atom. The second kappa shape index (κ2) is 6.01. The SMILES string of the molecule is O=C(Nc1ccc([N+](=O)[O-])cc1)C1(Cc2ccc(Cl)cc2)CC1. The molecule has 5 nitrogen and oxygen atoms in total. The second-order valence-electron chi connectivity index (χ2n) is 5.84. The van der Waals surface area contributed by atoms with Crippen molar-refractivity contribution in [2.75, 3.05) is 5.32 Å². The molecule has 0 saturated heterocycles. The number of carbonyl (C=O) groups excluding carboxylic acids is 1. The summed E-state index contributed by atoms with van der Waals surface area (Å²) in [5.41, 5.74) is 1.27. The van der Waals surface area contributed by atoms with Gasteiger partial charge in [-0.3, -0.25) is 14.9 Å². The third-order valence-corrected chi connectivity index (χ3v) is 4.38. The molecular weight excluding hydrogens is 316 g/mol. The van der Waals surface area contributed by atoms with Gasteiger partial charge in [0.2, 0.25) is 5.91 Å². The predicted octanol–water partition coefficient (Wildman–Crippen LogP) is 4.21. The predicted molar refractivity (Wildman–Crippen MR) is 88.5 cm³/mol. The summed E-state index contributed by atoms with van der Waals surface area (Å²) in [6.07, 6.45) is 2.35. The van der Waals surface area contributed by atoms with E-state index in [1.165, 1.54) is 12.1 Å². The van der Waals surface area contributed by atoms with Crippen LogP contribution < -0.4 is 5.32 Å². The van der Waals surface area contributed by atoms with Gasteiger partial charge in [0, 0.05) is 22.8 Å². The van der Waals surface area contributed by atoms with E-state index in [9.17, 15) is 14.9 Å². The van der Waals surface area contributed by atoms with Crippen molar-refractivity contribution >= 4 is 28.9 Å². The Bertz CT molecular complexity index is 737. The molecule has 3 rings (SSSR count). The van der Waals surface area contributed by atoms with Crippen molar-refractivity contribution < 1.29 is 9.72 Å². The number of rotatable bonds is 5. The molecule has 0 bridgehead atoms. The highest BCUT2D eigenvalue weighted by Crippen LogP contribution is 2.49. The molecule has 0 unspecified atom stereocenters. The van der Waals surface area contributed by atoms with E-state index in [4.69, 9.17) is 11.6 Å². The Morgan fingerprint density at radius 3 is 2.26 bits per heavy atom.